The van der Waals surface area contributed by atoms with Gasteiger partial charge in [-0.15, -0.1) is 0 Å². The molecule has 0 heterocycles. The zero-order valence-electron chi connectivity index (χ0n) is 21.5. The maximum Gasteiger partial charge on any atom is 0.325 e. The molecular weight excluding hydrogens is 460 g/mol. The third-order valence-electron chi connectivity index (χ3n) is 5.56. The van der Waals surface area contributed by atoms with Crippen molar-refractivity contribution in [1.29, 1.82) is 0 Å². The number of esters is 3. The Balaban J connectivity index is 2.12. The molecule has 2 unspecified atom stereocenters. The molecule has 0 amide bonds. The van der Waals surface area contributed by atoms with Gasteiger partial charge in [-0.05, 0) is 63.6 Å². The zero-order chi connectivity index (χ0) is 26.2. The van der Waals surface area contributed by atoms with E-state index in [-0.39, 0.29) is 31.7 Å². The Kier molecular flexibility index (Phi) is 13.1. The van der Waals surface area contributed by atoms with Crippen molar-refractivity contribution in [2.45, 2.75) is 58.5 Å². The van der Waals surface area contributed by atoms with Gasteiger partial charge in [0, 0.05) is 5.69 Å². The van der Waals surface area contributed by atoms with Gasteiger partial charge in [0.2, 0.25) is 0 Å². The number of benzene rings is 2. The summed E-state index contributed by atoms with van der Waals surface area (Å²) in [5, 5.41) is 6.31. The first kappa shape index (κ1) is 28.8. The molecule has 0 aliphatic rings. The van der Waals surface area contributed by atoms with Gasteiger partial charge in [-0.2, -0.15) is 0 Å². The SMILES string of the molecule is CCOC(=O)CNc1ccccc1CCC(NC(CCc1ccccc1)C(=O)OCC)C(=O)OCC. The Morgan fingerprint density at radius 2 is 1.28 bits per heavy atom. The molecule has 0 saturated heterocycles. The summed E-state index contributed by atoms with van der Waals surface area (Å²) in [6.45, 7) is 6.14. The van der Waals surface area contributed by atoms with E-state index in [9.17, 15) is 14.4 Å². The van der Waals surface area contributed by atoms with E-state index in [2.05, 4.69) is 10.6 Å². The second-order valence-corrected chi connectivity index (χ2v) is 8.15. The number of hydrogen-bond donors (Lipinski definition) is 2. The molecule has 0 bridgehead atoms. The number of aryl methyl sites for hydroxylation is 2. The molecule has 8 nitrogen and oxygen atoms in total. The summed E-state index contributed by atoms with van der Waals surface area (Å²) in [4.78, 5) is 37.3. The van der Waals surface area contributed by atoms with Crippen LogP contribution >= 0.6 is 0 Å². The average molecular weight is 499 g/mol. The molecular formula is C28H38N2O6. The van der Waals surface area contributed by atoms with Crippen LogP contribution in [0.2, 0.25) is 0 Å². The molecule has 0 spiro atoms. The van der Waals surface area contributed by atoms with Gasteiger partial charge in [0.25, 0.3) is 0 Å². The fourth-order valence-corrected chi connectivity index (χ4v) is 3.81. The fourth-order valence-electron chi connectivity index (χ4n) is 3.81. The summed E-state index contributed by atoms with van der Waals surface area (Å²) < 4.78 is 15.6. The molecule has 2 aromatic rings. The topological polar surface area (TPSA) is 103 Å². The van der Waals surface area contributed by atoms with Crippen molar-refractivity contribution in [3.63, 3.8) is 0 Å². The molecule has 0 aliphatic carbocycles. The predicted octanol–water partition coefficient (Wildman–Crippen LogP) is 3.68. The summed E-state index contributed by atoms with van der Waals surface area (Å²) in [6.07, 6.45) is 2.07. The molecule has 0 aromatic heterocycles. The Morgan fingerprint density at radius 3 is 1.89 bits per heavy atom. The second kappa shape index (κ2) is 16.3. The maximum absolute atomic E-state index is 12.8. The quantitative estimate of drug-likeness (QED) is 0.267. The first-order chi connectivity index (χ1) is 17.5. The lowest BCUT2D eigenvalue weighted by molar-refractivity contribution is -0.149. The lowest BCUT2D eigenvalue weighted by atomic mass is 10.0. The number of nitrogens with one attached hydrogen (secondary N) is 2. The van der Waals surface area contributed by atoms with Crippen molar-refractivity contribution < 1.29 is 28.6 Å². The molecule has 0 radical (unpaired) electrons. The molecule has 36 heavy (non-hydrogen) atoms. The Bertz CT molecular complexity index is 950. The monoisotopic (exact) mass is 498 g/mol. The first-order valence-corrected chi connectivity index (χ1v) is 12.6. The lowest BCUT2D eigenvalue weighted by Crippen LogP contribution is -2.49. The molecule has 196 valence electrons. The number of carbonyl (C=O) groups is 3. The highest BCUT2D eigenvalue weighted by Crippen LogP contribution is 2.18. The van der Waals surface area contributed by atoms with Gasteiger partial charge in [0.05, 0.1) is 19.8 Å². The highest BCUT2D eigenvalue weighted by Gasteiger charge is 2.28. The Hall–Kier alpha value is -3.39. The van der Waals surface area contributed by atoms with E-state index in [0.29, 0.717) is 32.3 Å². The van der Waals surface area contributed by atoms with Gasteiger partial charge in [0.1, 0.15) is 18.6 Å². The molecule has 2 rings (SSSR count). The van der Waals surface area contributed by atoms with Gasteiger partial charge >= 0.3 is 17.9 Å². The normalized spacial score (nSPS) is 12.3. The largest absolute Gasteiger partial charge is 0.465 e. The van der Waals surface area contributed by atoms with Crippen LogP contribution in [0, 0.1) is 0 Å². The highest BCUT2D eigenvalue weighted by molar-refractivity contribution is 5.80. The van der Waals surface area contributed by atoms with Crippen molar-refractivity contribution in [2.24, 2.45) is 0 Å². The average Bonchev–Trinajstić information content (AvgIpc) is 2.88. The van der Waals surface area contributed by atoms with E-state index in [1.807, 2.05) is 54.6 Å². The zero-order valence-corrected chi connectivity index (χ0v) is 21.5. The molecule has 0 fully saturated rings. The molecule has 2 aromatic carbocycles. The summed E-state index contributed by atoms with van der Waals surface area (Å²) in [6, 6.07) is 16.1. The lowest BCUT2D eigenvalue weighted by Gasteiger charge is -2.24. The molecule has 2 N–H and O–H groups in total. The summed E-state index contributed by atoms with van der Waals surface area (Å²) in [7, 11) is 0. The molecule has 2 atom stereocenters. The first-order valence-electron chi connectivity index (χ1n) is 12.6. The van der Waals surface area contributed by atoms with Gasteiger partial charge < -0.3 is 19.5 Å². The van der Waals surface area contributed by atoms with Crippen molar-refractivity contribution in [3.05, 3.63) is 65.7 Å². The van der Waals surface area contributed by atoms with E-state index in [4.69, 9.17) is 14.2 Å². The van der Waals surface area contributed by atoms with Crippen LogP contribution in [0.4, 0.5) is 5.69 Å². The van der Waals surface area contributed by atoms with Crippen LogP contribution in [0.1, 0.15) is 44.7 Å². The van der Waals surface area contributed by atoms with Gasteiger partial charge in [-0.25, -0.2) is 0 Å². The van der Waals surface area contributed by atoms with Crippen LogP contribution in [0.3, 0.4) is 0 Å². The van der Waals surface area contributed by atoms with Gasteiger partial charge in [0.15, 0.2) is 0 Å². The van der Waals surface area contributed by atoms with Crippen molar-refractivity contribution in [1.82, 2.24) is 5.32 Å². The second-order valence-electron chi connectivity index (χ2n) is 8.15. The number of carbonyl (C=O) groups excluding carboxylic acids is 3. The number of rotatable bonds is 16. The highest BCUT2D eigenvalue weighted by atomic mass is 16.5. The van der Waals surface area contributed by atoms with E-state index in [0.717, 1.165) is 16.8 Å². The summed E-state index contributed by atoms with van der Waals surface area (Å²) >= 11 is 0. The number of anilines is 1. The number of para-hydroxylation sites is 1. The Labute approximate surface area is 213 Å². The minimum atomic E-state index is -0.701. The van der Waals surface area contributed by atoms with Crippen molar-refractivity contribution >= 4 is 23.6 Å². The van der Waals surface area contributed by atoms with Crippen LogP contribution in [0.5, 0.6) is 0 Å². The van der Waals surface area contributed by atoms with Crippen LogP contribution in [-0.2, 0) is 41.4 Å². The molecule has 0 aliphatic heterocycles. The standard InChI is InChI=1S/C28H38N2O6/c1-4-34-26(31)20-29-23-15-11-10-14-22(23)17-19-25(28(33)36-6-3)30-24(27(32)35-5-2)18-16-21-12-8-7-9-13-21/h7-15,24-25,29-30H,4-6,16-20H2,1-3H3. The van der Waals surface area contributed by atoms with Crippen molar-refractivity contribution in [2.75, 3.05) is 31.7 Å². The van der Waals surface area contributed by atoms with Crippen molar-refractivity contribution in [3.8, 4) is 0 Å². The smallest absolute Gasteiger partial charge is 0.325 e. The van der Waals surface area contributed by atoms with E-state index in [1.54, 1.807) is 20.8 Å². The van der Waals surface area contributed by atoms with Gasteiger partial charge in [-0.1, -0.05) is 48.5 Å². The summed E-state index contributed by atoms with van der Waals surface area (Å²) in [5.41, 5.74) is 2.83. The third kappa shape index (κ3) is 10.1. The molecule has 8 heteroatoms. The summed E-state index contributed by atoms with van der Waals surface area (Å²) in [5.74, 6) is -1.14. The van der Waals surface area contributed by atoms with Crippen LogP contribution in [-0.4, -0.2) is 56.4 Å². The van der Waals surface area contributed by atoms with E-state index >= 15 is 0 Å². The minimum Gasteiger partial charge on any atom is -0.465 e. The van der Waals surface area contributed by atoms with Crippen LogP contribution in [0.15, 0.2) is 54.6 Å². The third-order valence-corrected chi connectivity index (χ3v) is 5.56. The van der Waals surface area contributed by atoms with Crippen LogP contribution in [0.25, 0.3) is 0 Å². The Morgan fingerprint density at radius 1 is 0.722 bits per heavy atom. The minimum absolute atomic E-state index is 0.0504. The van der Waals surface area contributed by atoms with Crippen LogP contribution < -0.4 is 10.6 Å². The van der Waals surface area contributed by atoms with E-state index < -0.39 is 18.1 Å². The predicted molar refractivity (Wildman–Crippen MR) is 139 cm³/mol. The molecule has 0 saturated carbocycles. The fraction of sp³-hybridized carbons (Fsp3) is 0.464. The van der Waals surface area contributed by atoms with E-state index in [1.165, 1.54) is 0 Å². The van der Waals surface area contributed by atoms with Gasteiger partial charge in [-0.3, -0.25) is 19.7 Å². The number of hydrogen-bond acceptors (Lipinski definition) is 8. The number of ether oxygens (including phenoxy) is 3. The maximum atomic E-state index is 12.8.